The minimum atomic E-state index is -0.804. The number of carbonyl (C=O) groups is 1. The minimum absolute atomic E-state index is 0.0157. The lowest BCUT2D eigenvalue weighted by atomic mass is 10.1. The van der Waals surface area contributed by atoms with Crippen LogP contribution >= 0.6 is 0 Å². The first-order chi connectivity index (χ1) is 28.4. The Kier molecular flexibility index (Phi) is 10.1. The third-order valence-electron chi connectivity index (χ3n) is 11.4. The van der Waals surface area contributed by atoms with Crippen molar-refractivity contribution in [2.45, 2.75) is 44.1 Å². The van der Waals surface area contributed by atoms with Crippen LogP contribution in [0.2, 0.25) is 0 Å². The fourth-order valence-electron chi connectivity index (χ4n) is 8.66. The number of halogens is 3. The summed E-state index contributed by atoms with van der Waals surface area (Å²) in [7, 11) is 7.32. The topological polar surface area (TPSA) is 135 Å². The van der Waals surface area contributed by atoms with Crippen molar-refractivity contribution in [2.24, 2.45) is 0 Å². The molecular formula is C41H45F3N12O3. The zero-order valence-electron chi connectivity index (χ0n) is 33.4. The molecule has 4 bridgehead atoms. The molecule has 0 saturated carbocycles. The van der Waals surface area contributed by atoms with Crippen molar-refractivity contribution in [1.82, 2.24) is 44.1 Å². The molecule has 2 aromatic carbocycles. The first-order valence-electron chi connectivity index (χ1n) is 19.6. The lowest BCUT2D eigenvalue weighted by Gasteiger charge is -2.37. The number of anilines is 3. The number of aromatic nitrogens is 7. The summed E-state index contributed by atoms with van der Waals surface area (Å²) in [5.74, 6) is -0.0819. The molecule has 9 rings (SSSR count). The van der Waals surface area contributed by atoms with Crippen molar-refractivity contribution in [2.75, 3.05) is 82.8 Å². The number of amides is 1. The molecule has 2 saturated heterocycles. The molecule has 18 heteroatoms. The van der Waals surface area contributed by atoms with E-state index in [1.807, 2.05) is 48.7 Å². The number of hydrogen-bond donors (Lipinski definition) is 1. The van der Waals surface area contributed by atoms with Crippen molar-refractivity contribution >= 4 is 45.6 Å². The number of fused-ring (bicyclic) bond motifs is 6. The van der Waals surface area contributed by atoms with E-state index < -0.39 is 29.6 Å². The highest BCUT2D eigenvalue weighted by Crippen LogP contribution is 2.37. The van der Waals surface area contributed by atoms with E-state index in [2.05, 4.69) is 20.2 Å². The zero-order valence-corrected chi connectivity index (χ0v) is 33.4. The second-order valence-electron chi connectivity index (χ2n) is 15.7. The van der Waals surface area contributed by atoms with Gasteiger partial charge < -0.3 is 39.0 Å². The second-order valence-corrected chi connectivity index (χ2v) is 15.7. The molecular weight excluding hydrogens is 766 g/mol. The number of hydrogen-bond acceptors (Lipinski definition) is 12. The number of benzene rings is 2. The van der Waals surface area contributed by atoms with Crippen molar-refractivity contribution in [3.63, 3.8) is 0 Å². The maximum atomic E-state index is 15.4. The molecule has 2 fully saturated rings. The molecule has 4 atom stereocenters. The molecule has 1 unspecified atom stereocenters. The second kappa shape index (κ2) is 15.4. The largest absolute Gasteiger partial charge is 0.378 e. The van der Waals surface area contributed by atoms with Gasteiger partial charge in [-0.3, -0.25) is 4.79 Å². The Balaban J connectivity index is 1.18. The smallest absolute Gasteiger partial charge is 0.245 e. The van der Waals surface area contributed by atoms with Crippen LogP contribution in [0.5, 0.6) is 0 Å². The van der Waals surface area contributed by atoms with Gasteiger partial charge in [0.25, 0.3) is 0 Å². The third kappa shape index (κ3) is 7.18. The van der Waals surface area contributed by atoms with Gasteiger partial charge in [0, 0.05) is 64.1 Å². The average Bonchev–Trinajstić information content (AvgIpc) is 3.91. The normalized spacial score (nSPS) is 21.4. The van der Waals surface area contributed by atoms with E-state index in [0.29, 0.717) is 97.0 Å². The third-order valence-corrected chi connectivity index (χ3v) is 11.4. The average molecular weight is 811 g/mol. The quantitative estimate of drug-likeness (QED) is 0.258. The van der Waals surface area contributed by atoms with Gasteiger partial charge in [-0.2, -0.15) is 15.1 Å². The lowest BCUT2D eigenvalue weighted by molar-refractivity contribution is -0.132. The Morgan fingerprint density at radius 3 is 2.63 bits per heavy atom. The van der Waals surface area contributed by atoms with Crippen LogP contribution < -0.4 is 15.1 Å². The number of pyridine rings is 1. The van der Waals surface area contributed by atoms with Crippen LogP contribution in [0.3, 0.4) is 0 Å². The number of ether oxygens (including phenoxy) is 2. The fourth-order valence-corrected chi connectivity index (χ4v) is 8.66. The van der Waals surface area contributed by atoms with Gasteiger partial charge in [0.2, 0.25) is 11.9 Å². The van der Waals surface area contributed by atoms with Gasteiger partial charge in [-0.1, -0.05) is 6.07 Å². The number of imidazole rings is 1. The number of carbonyl (C=O) groups excluding carboxylic acids is 1. The van der Waals surface area contributed by atoms with E-state index in [9.17, 15) is 9.18 Å². The summed E-state index contributed by atoms with van der Waals surface area (Å²) < 4.78 is 59.9. The Morgan fingerprint density at radius 2 is 1.83 bits per heavy atom. The summed E-state index contributed by atoms with van der Waals surface area (Å²) in [6.07, 6.45) is 1.48. The van der Waals surface area contributed by atoms with Crippen LogP contribution in [0.1, 0.15) is 12.2 Å². The molecule has 7 heterocycles. The van der Waals surface area contributed by atoms with Gasteiger partial charge in [0.15, 0.2) is 11.5 Å². The molecule has 0 radical (unpaired) electrons. The van der Waals surface area contributed by atoms with Crippen LogP contribution in [-0.2, 0) is 20.8 Å². The first kappa shape index (κ1) is 38.7. The number of rotatable bonds is 6. The van der Waals surface area contributed by atoms with Gasteiger partial charge >= 0.3 is 0 Å². The SMILES string of the molecule is CO[C@H]1CN(C)C(=O)[C@@H]2C[C@@H](CN2c2nc(N3CCOCC3CN(C)C)nc3c2cnn3-c2ccc(F)cc2F)Nc2cccc(n2)-c2cc(F)cc3nc(C)n(c23)C1. The summed E-state index contributed by atoms with van der Waals surface area (Å²) in [6.45, 7) is 4.80. The van der Waals surface area contributed by atoms with E-state index in [1.54, 1.807) is 25.3 Å². The number of morpholine rings is 1. The number of methoxy groups -OCH3 is 1. The van der Waals surface area contributed by atoms with E-state index in [-0.39, 0.29) is 30.2 Å². The monoisotopic (exact) mass is 810 g/mol. The molecule has 15 nitrogen and oxygen atoms in total. The molecule has 4 aromatic heterocycles. The minimum Gasteiger partial charge on any atom is -0.378 e. The van der Waals surface area contributed by atoms with Crippen molar-refractivity contribution in [1.29, 1.82) is 0 Å². The first-order valence-corrected chi connectivity index (χ1v) is 19.6. The standard InChI is InChI=1S/C41H45F3N12O3/c1-23-46-33-15-25(43)13-29-32-7-6-8-36(48-32)47-26-16-35(40(57)52(4)20-28(58-5)21-54(23)37(29)33)55(18-26)38-30-17-45-56(34-10-9-24(42)14-31(34)44)39(30)50-41(49-38)53-11-12-59-22-27(53)19-51(2)3/h6-10,13-15,17,26-28,35H,11-12,16,18-22H2,1-5H3,(H,47,48)/t26-,27?,28-,35-/m0/s1. The van der Waals surface area contributed by atoms with Crippen LogP contribution in [-0.4, -0.2) is 142 Å². The van der Waals surface area contributed by atoms with Crippen molar-refractivity contribution in [3.05, 3.63) is 78.0 Å². The summed E-state index contributed by atoms with van der Waals surface area (Å²) in [5, 5.41) is 8.61. The van der Waals surface area contributed by atoms with E-state index >= 15 is 8.78 Å². The van der Waals surface area contributed by atoms with E-state index in [0.717, 1.165) is 11.6 Å². The lowest BCUT2D eigenvalue weighted by Crippen LogP contribution is -2.51. The number of aryl methyl sites for hydroxylation is 1. The zero-order chi connectivity index (χ0) is 41.1. The predicted molar refractivity (Wildman–Crippen MR) is 216 cm³/mol. The Labute approximate surface area is 338 Å². The molecule has 308 valence electrons. The highest BCUT2D eigenvalue weighted by atomic mass is 19.1. The Morgan fingerprint density at radius 1 is 0.983 bits per heavy atom. The maximum Gasteiger partial charge on any atom is 0.245 e. The highest BCUT2D eigenvalue weighted by Gasteiger charge is 2.42. The fraction of sp³-hybridized carbons (Fsp3) is 0.415. The summed E-state index contributed by atoms with van der Waals surface area (Å²) in [4.78, 5) is 42.5. The van der Waals surface area contributed by atoms with Gasteiger partial charge in [-0.05, 0) is 57.8 Å². The molecule has 0 spiro atoms. The molecule has 1 N–H and O–H groups in total. The van der Waals surface area contributed by atoms with Crippen LogP contribution in [0, 0.1) is 24.4 Å². The molecule has 3 aliphatic heterocycles. The molecule has 59 heavy (non-hydrogen) atoms. The Bertz CT molecular complexity index is 2560. The maximum absolute atomic E-state index is 15.4. The van der Waals surface area contributed by atoms with Crippen LogP contribution in [0.4, 0.5) is 30.8 Å². The molecule has 0 aliphatic carbocycles. The van der Waals surface area contributed by atoms with E-state index in [4.69, 9.17) is 29.4 Å². The highest BCUT2D eigenvalue weighted by molar-refractivity contribution is 5.94. The number of nitrogens with one attached hydrogen (secondary N) is 1. The predicted octanol–water partition coefficient (Wildman–Crippen LogP) is 4.27. The van der Waals surface area contributed by atoms with Gasteiger partial charge in [0.1, 0.15) is 40.8 Å². The molecule has 3 aliphatic rings. The molecule has 6 aromatic rings. The molecule has 1 amide bonds. The van der Waals surface area contributed by atoms with Gasteiger partial charge in [-0.25, -0.2) is 27.8 Å². The van der Waals surface area contributed by atoms with Crippen molar-refractivity contribution in [3.8, 4) is 16.9 Å². The summed E-state index contributed by atoms with van der Waals surface area (Å²) in [5.41, 5.74) is 2.69. The van der Waals surface area contributed by atoms with Gasteiger partial charge in [-0.15, -0.1) is 0 Å². The van der Waals surface area contributed by atoms with Crippen molar-refractivity contribution < 1.29 is 27.4 Å². The Hall–Kier alpha value is -5.85. The number of nitrogens with zero attached hydrogens (tertiary/aromatic N) is 11. The van der Waals surface area contributed by atoms with E-state index in [1.165, 1.54) is 28.9 Å². The number of likely N-dealkylation sites (N-methyl/N-ethyl adjacent to an activating group) is 2. The van der Waals surface area contributed by atoms with Crippen LogP contribution in [0.25, 0.3) is 39.0 Å². The van der Waals surface area contributed by atoms with Gasteiger partial charge in [0.05, 0.1) is 60.2 Å². The van der Waals surface area contributed by atoms with Crippen LogP contribution in [0.15, 0.2) is 54.7 Å². The summed E-state index contributed by atoms with van der Waals surface area (Å²) in [6, 6.07) is 10.6. The summed E-state index contributed by atoms with van der Waals surface area (Å²) >= 11 is 0.